The van der Waals surface area contributed by atoms with Gasteiger partial charge < -0.3 is 9.30 Å². The van der Waals surface area contributed by atoms with Gasteiger partial charge in [-0.2, -0.15) is 0 Å². The minimum Gasteiger partial charge on any atom is -0.491 e. The highest BCUT2D eigenvalue weighted by Gasteiger charge is 2.12. The van der Waals surface area contributed by atoms with Crippen molar-refractivity contribution in [1.29, 1.82) is 0 Å². The van der Waals surface area contributed by atoms with E-state index in [1.165, 1.54) is 0 Å². The summed E-state index contributed by atoms with van der Waals surface area (Å²) in [6.45, 7) is 5.93. The monoisotopic (exact) mass is 231 g/mol. The molecular formula is C14H17NO2. The minimum atomic E-state index is 0.136. The van der Waals surface area contributed by atoms with Crippen LogP contribution in [0.15, 0.2) is 18.2 Å². The van der Waals surface area contributed by atoms with Crippen molar-refractivity contribution < 1.29 is 9.53 Å². The lowest BCUT2D eigenvalue weighted by Crippen LogP contribution is -2.05. The normalized spacial score (nSPS) is 11.1. The number of fused-ring (bicyclic) bond motifs is 1. The Hall–Kier alpha value is -1.77. The molecule has 2 aromatic rings. The van der Waals surface area contributed by atoms with Gasteiger partial charge >= 0.3 is 0 Å². The van der Waals surface area contributed by atoms with Gasteiger partial charge in [0.25, 0.3) is 0 Å². The number of aldehydes is 1. The number of ether oxygens (including phenoxy) is 1. The molecule has 0 unspecified atom stereocenters. The predicted octanol–water partition coefficient (Wildman–Crippen LogP) is 3.09. The van der Waals surface area contributed by atoms with Crippen LogP contribution in [-0.2, 0) is 7.05 Å². The smallest absolute Gasteiger partial charge is 0.152 e. The van der Waals surface area contributed by atoms with Crippen molar-refractivity contribution in [2.24, 2.45) is 7.05 Å². The van der Waals surface area contributed by atoms with Crippen molar-refractivity contribution in [2.75, 3.05) is 0 Å². The number of aromatic nitrogens is 1. The predicted molar refractivity (Wildman–Crippen MR) is 68.8 cm³/mol. The van der Waals surface area contributed by atoms with E-state index in [4.69, 9.17) is 4.74 Å². The number of hydrogen-bond acceptors (Lipinski definition) is 2. The average Bonchev–Trinajstić information content (AvgIpc) is 2.50. The Kier molecular flexibility index (Phi) is 2.92. The van der Waals surface area contributed by atoms with Gasteiger partial charge in [-0.25, -0.2) is 0 Å². The number of carbonyl (C=O) groups is 1. The molecule has 0 spiro atoms. The standard InChI is InChI=1S/C14H17NO2/c1-9(2)17-11-5-6-14-12(7-11)13(8-16)10(3)15(14)4/h5-9H,1-4H3. The number of rotatable bonds is 3. The van der Waals surface area contributed by atoms with Gasteiger partial charge in [-0.05, 0) is 39.0 Å². The largest absolute Gasteiger partial charge is 0.491 e. The lowest BCUT2D eigenvalue weighted by molar-refractivity contribution is 0.112. The van der Waals surface area contributed by atoms with Gasteiger partial charge in [-0.1, -0.05) is 0 Å². The van der Waals surface area contributed by atoms with E-state index in [9.17, 15) is 4.79 Å². The summed E-state index contributed by atoms with van der Waals surface area (Å²) in [5.41, 5.74) is 2.79. The number of nitrogens with zero attached hydrogens (tertiary/aromatic N) is 1. The van der Waals surface area contributed by atoms with Crippen molar-refractivity contribution in [1.82, 2.24) is 4.57 Å². The first-order valence-electron chi connectivity index (χ1n) is 5.75. The van der Waals surface area contributed by atoms with Crippen LogP contribution in [0.1, 0.15) is 29.9 Å². The molecule has 0 bridgehead atoms. The molecule has 0 radical (unpaired) electrons. The molecule has 0 N–H and O–H groups in total. The van der Waals surface area contributed by atoms with E-state index in [2.05, 4.69) is 0 Å². The first kappa shape index (κ1) is 11.7. The van der Waals surface area contributed by atoms with Gasteiger partial charge in [-0.3, -0.25) is 4.79 Å². The molecule has 1 aromatic heterocycles. The van der Waals surface area contributed by atoms with E-state index in [0.29, 0.717) is 0 Å². The minimum absolute atomic E-state index is 0.136. The second-order valence-electron chi connectivity index (χ2n) is 4.52. The molecule has 0 saturated carbocycles. The van der Waals surface area contributed by atoms with Crippen LogP contribution in [0.3, 0.4) is 0 Å². The summed E-state index contributed by atoms with van der Waals surface area (Å²) in [4.78, 5) is 11.1. The first-order chi connectivity index (χ1) is 8.04. The Morgan fingerprint density at radius 1 is 1.35 bits per heavy atom. The van der Waals surface area contributed by atoms with Crippen LogP contribution in [0.5, 0.6) is 5.75 Å². The SMILES string of the molecule is Cc1c(C=O)c2cc(OC(C)C)ccc2n1C. The van der Waals surface area contributed by atoms with Crippen molar-refractivity contribution in [2.45, 2.75) is 26.9 Å². The Morgan fingerprint density at radius 2 is 2.06 bits per heavy atom. The molecule has 90 valence electrons. The zero-order valence-electron chi connectivity index (χ0n) is 10.7. The number of carbonyl (C=O) groups excluding carboxylic acids is 1. The van der Waals surface area contributed by atoms with Crippen LogP contribution in [0, 0.1) is 6.92 Å². The summed E-state index contributed by atoms with van der Waals surface area (Å²) in [6, 6.07) is 5.87. The van der Waals surface area contributed by atoms with Gasteiger partial charge in [0.1, 0.15) is 5.75 Å². The quantitative estimate of drug-likeness (QED) is 0.760. The summed E-state index contributed by atoms with van der Waals surface area (Å²) in [5.74, 6) is 0.807. The van der Waals surface area contributed by atoms with Gasteiger partial charge in [0.15, 0.2) is 6.29 Å². The number of benzene rings is 1. The summed E-state index contributed by atoms with van der Waals surface area (Å²) in [7, 11) is 1.97. The lowest BCUT2D eigenvalue weighted by atomic mass is 10.1. The van der Waals surface area contributed by atoms with Crippen LogP contribution in [0.4, 0.5) is 0 Å². The number of hydrogen-bond donors (Lipinski definition) is 0. The molecule has 0 atom stereocenters. The van der Waals surface area contributed by atoms with Crippen molar-refractivity contribution in [3.63, 3.8) is 0 Å². The molecule has 17 heavy (non-hydrogen) atoms. The summed E-state index contributed by atoms with van der Waals surface area (Å²) < 4.78 is 7.67. The maximum atomic E-state index is 11.1. The Bertz CT molecular complexity index is 567. The molecule has 0 aliphatic carbocycles. The van der Waals surface area contributed by atoms with Crippen LogP contribution in [0.25, 0.3) is 10.9 Å². The summed E-state index contributed by atoms with van der Waals surface area (Å²) in [5, 5.41) is 0.957. The highest BCUT2D eigenvalue weighted by Crippen LogP contribution is 2.27. The van der Waals surface area contributed by atoms with Crippen molar-refractivity contribution >= 4 is 17.2 Å². The second-order valence-corrected chi connectivity index (χ2v) is 4.52. The van der Waals surface area contributed by atoms with E-state index in [-0.39, 0.29) is 6.10 Å². The third-order valence-electron chi connectivity index (χ3n) is 3.00. The van der Waals surface area contributed by atoms with E-state index in [1.807, 2.05) is 50.6 Å². The van der Waals surface area contributed by atoms with Crippen molar-refractivity contribution in [3.05, 3.63) is 29.5 Å². The fourth-order valence-corrected chi connectivity index (χ4v) is 2.07. The highest BCUT2D eigenvalue weighted by molar-refractivity contribution is 5.99. The van der Waals surface area contributed by atoms with Crippen LogP contribution < -0.4 is 4.74 Å². The molecule has 0 amide bonds. The van der Waals surface area contributed by atoms with Gasteiger partial charge in [-0.15, -0.1) is 0 Å². The summed E-state index contributed by atoms with van der Waals surface area (Å²) >= 11 is 0. The van der Waals surface area contributed by atoms with Crippen LogP contribution >= 0.6 is 0 Å². The highest BCUT2D eigenvalue weighted by atomic mass is 16.5. The van der Waals surface area contributed by atoms with Crippen molar-refractivity contribution in [3.8, 4) is 5.75 Å². The molecule has 3 heteroatoms. The molecule has 0 aliphatic heterocycles. The summed E-state index contributed by atoms with van der Waals surface area (Å²) in [6.07, 6.45) is 1.05. The zero-order valence-corrected chi connectivity index (χ0v) is 10.7. The molecule has 0 fully saturated rings. The molecule has 2 rings (SSSR count). The number of aryl methyl sites for hydroxylation is 1. The van der Waals surface area contributed by atoms with E-state index in [1.54, 1.807) is 0 Å². The molecule has 1 aromatic carbocycles. The van der Waals surface area contributed by atoms with Crippen LogP contribution in [0.2, 0.25) is 0 Å². The maximum absolute atomic E-state index is 11.1. The van der Waals surface area contributed by atoms with E-state index < -0.39 is 0 Å². The molecular weight excluding hydrogens is 214 g/mol. The lowest BCUT2D eigenvalue weighted by Gasteiger charge is -2.09. The molecule has 1 heterocycles. The second kappa shape index (κ2) is 4.24. The third-order valence-corrected chi connectivity index (χ3v) is 3.00. The average molecular weight is 231 g/mol. The third kappa shape index (κ3) is 1.93. The fourth-order valence-electron chi connectivity index (χ4n) is 2.07. The van der Waals surface area contributed by atoms with Gasteiger partial charge in [0, 0.05) is 29.2 Å². The van der Waals surface area contributed by atoms with E-state index in [0.717, 1.165) is 34.2 Å². The zero-order chi connectivity index (χ0) is 12.6. The van der Waals surface area contributed by atoms with E-state index >= 15 is 0 Å². The van der Waals surface area contributed by atoms with Crippen LogP contribution in [-0.4, -0.2) is 17.0 Å². The van der Waals surface area contributed by atoms with Gasteiger partial charge in [0.05, 0.1) is 6.10 Å². The topological polar surface area (TPSA) is 31.2 Å². The molecule has 0 aliphatic rings. The maximum Gasteiger partial charge on any atom is 0.152 e. The Balaban J connectivity index is 2.63. The molecule has 3 nitrogen and oxygen atoms in total. The molecule has 0 saturated heterocycles. The Morgan fingerprint density at radius 3 is 2.65 bits per heavy atom. The Labute approximate surface area is 101 Å². The fraction of sp³-hybridized carbons (Fsp3) is 0.357. The first-order valence-corrected chi connectivity index (χ1v) is 5.75. The van der Waals surface area contributed by atoms with Gasteiger partial charge in [0.2, 0.25) is 0 Å².